The number of carbonyl (C=O) groups excluding carboxylic acids is 3. The molecule has 0 bridgehead atoms. The first-order valence-electron chi connectivity index (χ1n) is 12.5. The molecule has 6 N–H and O–H groups in total. The molecule has 0 aromatic heterocycles. The molecule has 2 atom stereocenters. The van der Waals surface area contributed by atoms with E-state index >= 15 is 0 Å². The molecule has 1 heterocycles. The van der Waals surface area contributed by atoms with Gasteiger partial charge < -0.3 is 35.6 Å². The summed E-state index contributed by atoms with van der Waals surface area (Å²) in [6.45, 7) is 0.980. The average Bonchev–Trinajstić information content (AvgIpc) is 3.16. The van der Waals surface area contributed by atoms with Crippen LogP contribution in [0.5, 0.6) is 23.0 Å². The largest absolute Gasteiger partial charge is 0.508 e. The molecule has 1 aliphatic rings. The molecule has 1 unspecified atom stereocenters. The number of carboxylic acids is 1. The molecule has 12 nitrogen and oxygen atoms in total. The van der Waals surface area contributed by atoms with Gasteiger partial charge in [-0.05, 0) is 67.9 Å². The number of phenolic OH excluding ortho intramolecular Hbond substituents is 4. The summed E-state index contributed by atoms with van der Waals surface area (Å²) in [5.74, 6) is -6.99. The van der Waals surface area contributed by atoms with Gasteiger partial charge in [0.1, 0.15) is 34.7 Å². The summed E-state index contributed by atoms with van der Waals surface area (Å²) in [5.41, 5.74) is -1.93. The molecular weight excluding hydrogens is 536 g/mol. The molecule has 0 spiro atoms. The number of nitrogens with one attached hydrogen (secondary N) is 1. The monoisotopic (exact) mass is 562 g/mol. The lowest BCUT2D eigenvalue weighted by Crippen LogP contribution is -2.33. The van der Waals surface area contributed by atoms with Gasteiger partial charge in [-0.1, -0.05) is 6.07 Å². The fourth-order valence-corrected chi connectivity index (χ4v) is 4.43. The number of benzene rings is 3. The first kappa shape index (κ1) is 28.8. The molecule has 212 valence electrons. The Morgan fingerprint density at radius 2 is 1.56 bits per heavy atom. The highest BCUT2D eigenvalue weighted by Crippen LogP contribution is 2.35. The van der Waals surface area contributed by atoms with Crippen molar-refractivity contribution >= 4 is 29.8 Å². The van der Waals surface area contributed by atoms with Gasteiger partial charge in [-0.15, -0.1) is 0 Å². The number of carbonyl (C=O) groups is 4. The van der Waals surface area contributed by atoms with Crippen LogP contribution < -0.4 is 5.32 Å². The van der Waals surface area contributed by atoms with Gasteiger partial charge >= 0.3 is 11.9 Å². The highest BCUT2D eigenvalue weighted by molar-refractivity contribution is 6.18. The van der Waals surface area contributed by atoms with Crippen molar-refractivity contribution in [2.45, 2.75) is 18.9 Å². The van der Waals surface area contributed by atoms with Crippen LogP contribution in [-0.4, -0.2) is 74.6 Å². The molecule has 1 aliphatic heterocycles. The van der Waals surface area contributed by atoms with Crippen LogP contribution in [0.2, 0.25) is 0 Å². The van der Waals surface area contributed by atoms with Crippen molar-refractivity contribution in [3.05, 3.63) is 82.4 Å². The van der Waals surface area contributed by atoms with Crippen LogP contribution >= 0.6 is 0 Å². The quantitative estimate of drug-likeness (QED) is 0.140. The van der Waals surface area contributed by atoms with Crippen molar-refractivity contribution < 1.29 is 49.4 Å². The normalized spacial score (nSPS) is 17.1. The van der Waals surface area contributed by atoms with E-state index in [9.17, 15) is 44.7 Å². The molecule has 3 aromatic rings. The maximum Gasteiger partial charge on any atom is 0.338 e. The van der Waals surface area contributed by atoms with Gasteiger partial charge in [-0.3, -0.25) is 9.59 Å². The van der Waals surface area contributed by atoms with E-state index in [1.165, 1.54) is 36.5 Å². The molecule has 1 fully saturated rings. The third-order valence-electron chi connectivity index (χ3n) is 6.52. The van der Waals surface area contributed by atoms with E-state index in [2.05, 4.69) is 10.3 Å². The summed E-state index contributed by atoms with van der Waals surface area (Å²) in [6, 6.07) is 10.7. The van der Waals surface area contributed by atoms with Gasteiger partial charge in [-0.25, -0.2) is 14.6 Å². The fraction of sp³-hybridized carbons (Fsp3) is 0.207. The topological polar surface area (TPSA) is 203 Å². The second-order valence-corrected chi connectivity index (χ2v) is 9.31. The Bertz CT molecular complexity index is 1510. The maximum absolute atomic E-state index is 13.0. The van der Waals surface area contributed by atoms with Gasteiger partial charge in [0.2, 0.25) is 5.78 Å². The molecule has 4 rings (SSSR count). The molecule has 0 aliphatic carbocycles. The minimum Gasteiger partial charge on any atom is -0.508 e. The number of esters is 1. The predicted octanol–water partition coefficient (Wildman–Crippen LogP) is 2.87. The second-order valence-electron chi connectivity index (χ2n) is 9.31. The molecule has 41 heavy (non-hydrogen) atoms. The Balaban J connectivity index is 1.55. The molecule has 1 amide bonds. The maximum atomic E-state index is 13.0. The van der Waals surface area contributed by atoms with Crippen LogP contribution in [0.1, 0.15) is 59.8 Å². The summed E-state index contributed by atoms with van der Waals surface area (Å²) < 4.78 is 5.65. The third kappa shape index (κ3) is 6.50. The van der Waals surface area contributed by atoms with Gasteiger partial charge in [0.05, 0.1) is 16.7 Å². The zero-order chi connectivity index (χ0) is 29.7. The van der Waals surface area contributed by atoms with E-state index in [0.29, 0.717) is 25.9 Å². The van der Waals surface area contributed by atoms with Gasteiger partial charge in [-0.2, -0.15) is 0 Å². The molecule has 0 saturated carbocycles. The van der Waals surface area contributed by atoms with Crippen LogP contribution in [0, 0.1) is 5.92 Å². The van der Waals surface area contributed by atoms with Gasteiger partial charge in [0, 0.05) is 24.2 Å². The Hall–Kier alpha value is -5.23. The number of aromatic carboxylic acids is 1. The summed E-state index contributed by atoms with van der Waals surface area (Å²) in [7, 11) is 0. The average molecular weight is 563 g/mol. The number of ether oxygens (including phenoxy) is 1. The second kappa shape index (κ2) is 12.3. The van der Waals surface area contributed by atoms with Crippen molar-refractivity contribution in [2.24, 2.45) is 10.9 Å². The van der Waals surface area contributed by atoms with E-state index in [1.807, 2.05) is 0 Å². The number of aromatic hydroxyl groups is 4. The van der Waals surface area contributed by atoms with Crippen molar-refractivity contribution in [3.63, 3.8) is 0 Å². The van der Waals surface area contributed by atoms with E-state index < -0.39 is 69.6 Å². The van der Waals surface area contributed by atoms with Crippen molar-refractivity contribution in [2.75, 3.05) is 13.1 Å². The summed E-state index contributed by atoms with van der Waals surface area (Å²) >= 11 is 0. The number of amides is 1. The highest BCUT2D eigenvalue weighted by Gasteiger charge is 2.30. The fourth-order valence-electron chi connectivity index (χ4n) is 4.43. The molecule has 12 heteroatoms. The van der Waals surface area contributed by atoms with E-state index in [4.69, 9.17) is 4.74 Å². The third-order valence-corrected chi connectivity index (χ3v) is 6.52. The first-order chi connectivity index (χ1) is 19.6. The van der Waals surface area contributed by atoms with Crippen molar-refractivity contribution in [1.82, 2.24) is 5.32 Å². The number of phenols is 4. The van der Waals surface area contributed by atoms with E-state index in [0.717, 1.165) is 24.3 Å². The molecular formula is C29H26N2O10. The SMILES string of the molecule is O=C(N=CC1CNCCC[C@H]1OC(=O)c1cc(O)c(C(=O)c2c(O)cccc2C(=O)O)c(O)c1)c1ccc(O)cc1. The van der Waals surface area contributed by atoms with E-state index in [1.54, 1.807) is 0 Å². The molecule has 3 aromatic carbocycles. The summed E-state index contributed by atoms with van der Waals surface area (Å²) in [4.78, 5) is 54.0. The summed E-state index contributed by atoms with van der Waals surface area (Å²) in [5, 5.41) is 53.2. The van der Waals surface area contributed by atoms with Gasteiger partial charge in [0.25, 0.3) is 5.91 Å². The smallest absolute Gasteiger partial charge is 0.338 e. The van der Waals surface area contributed by atoms with Gasteiger partial charge in [0.15, 0.2) is 0 Å². The van der Waals surface area contributed by atoms with Crippen molar-refractivity contribution in [1.29, 1.82) is 0 Å². The van der Waals surface area contributed by atoms with Crippen molar-refractivity contribution in [3.8, 4) is 23.0 Å². The van der Waals surface area contributed by atoms with Crippen LogP contribution in [0.25, 0.3) is 0 Å². The Morgan fingerprint density at radius 1 is 0.878 bits per heavy atom. The Kier molecular flexibility index (Phi) is 8.63. The van der Waals surface area contributed by atoms with Crippen LogP contribution in [0.15, 0.2) is 59.6 Å². The minimum atomic E-state index is -1.51. The minimum absolute atomic E-state index is 0.00294. The molecule has 0 radical (unpaired) electrons. The van der Waals surface area contributed by atoms with Crippen LogP contribution in [0.4, 0.5) is 0 Å². The number of nitrogens with zero attached hydrogens (tertiary/aromatic N) is 1. The highest BCUT2D eigenvalue weighted by atomic mass is 16.5. The zero-order valence-corrected chi connectivity index (χ0v) is 21.5. The van der Waals surface area contributed by atoms with Crippen LogP contribution in [0.3, 0.4) is 0 Å². The number of rotatable bonds is 7. The lowest BCUT2D eigenvalue weighted by Gasteiger charge is -2.22. The summed E-state index contributed by atoms with van der Waals surface area (Å²) in [6.07, 6.45) is 1.72. The predicted molar refractivity (Wildman–Crippen MR) is 144 cm³/mol. The number of hydrogen-bond acceptors (Lipinski definition) is 10. The molecule has 1 saturated heterocycles. The Labute approximate surface area is 233 Å². The Morgan fingerprint density at radius 3 is 2.22 bits per heavy atom. The van der Waals surface area contributed by atoms with Crippen LogP contribution in [-0.2, 0) is 4.74 Å². The van der Waals surface area contributed by atoms with E-state index in [-0.39, 0.29) is 16.9 Å². The number of aliphatic imine (C=N–C) groups is 1. The number of carboxylic acid groups (broad SMARTS) is 1. The lowest BCUT2D eigenvalue weighted by atomic mass is 9.95. The number of ketones is 1. The first-order valence-corrected chi connectivity index (χ1v) is 12.5. The zero-order valence-electron chi connectivity index (χ0n) is 21.5. The standard InChI is InChI=1S/C29H26N2O10/c32-18-8-6-15(7-9-18)27(37)31-14-17-13-30-10-2-5-23(17)41-29(40)16-11-21(34)25(22(35)12-16)26(36)24-19(28(38)39)3-1-4-20(24)33/h1,3-4,6-9,11-12,14,17,23,30,32-35H,2,5,10,13H2,(H,38,39)/t17?,23-/m1/s1. The number of hydrogen-bond donors (Lipinski definition) is 6. The lowest BCUT2D eigenvalue weighted by molar-refractivity contribution is 0.0216.